The third-order valence-electron chi connectivity index (χ3n) is 6.86. The standard InChI is InChI=1S/C28H30ClN3O3/c1-18-15-23(29)5-8-25(18)26(17-27(31-35)22-9-12-30-19(2)16-22)20-3-6-24(7-4-20)32-13-10-21(11-14-32)28(33)34/h3-9,12,15-16,21,26,35H,10-11,13-14,17H2,1-2H3,(H,33,34)/t26-/m0/s1. The first-order valence-electron chi connectivity index (χ1n) is 11.8. The first kappa shape index (κ1) is 24.7. The summed E-state index contributed by atoms with van der Waals surface area (Å²) < 4.78 is 0. The number of hydrogen-bond donors (Lipinski definition) is 2. The summed E-state index contributed by atoms with van der Waals surface area (Å²) in [4.78, 5) is 17.8. The third-order valence-corrected chi connectivity index (χ3v) is 7.10. The van der Waals surface area contributed by atoms with Gasteiger partial charge < -0.3 is 15.2 Å². The van der Waals surface area contributed by atoms with Crippen LogP contribution in [0.2, 0.25) is 5.02 Å². The van der Waals surface area contributed by atoms with E-state index in [0.717, 1.165) is 46.7 Å². The molecule has 0 unspecified atom stereocenters. The van der Waals surface area contributed by atoms with Crippen molar-refractivity contribution in [2.45, 2.75) is 39.0 Å². The molecule has 0 aliphatic carbocycles. The van der Waals surface area contributed by atoms with E-state index in [-0.39, 0.29) is 11.8 Å². The van der Waals surface area contributed by atoms with E-state index < -0.39 is 5.97 Å². The van der Waals surface area contributed by atoms with Crippen LogP contribution in [-0.2, 0) is 4.79 Å². The molecule has 2 N–H and O–H groups in total. The highest BCUT2D eigenvalue weighted by atomic mass is 35.5. The van der Waals surface area contributed by atoms with Crippen LogP contribution in [0.5, 0.6) is 0 Å². The first-order chi connectivity index (χ1) is 16.9. The zero-order chi connectivity index (χ0) is 24.9. The maximum atomic E-state index is 11.3. The van der Waals surface area contributed by atoms with E-state index in [2.05, 4.69) is 39.3 Å². The fraction of sp³-hybridized carbons (Fsp3) is 0.321. The second-order valence-electron chi connectivity index (χ2n) is 9.18. The molecule has 182 valence electrons. The van der Waals surface area contributed by atoms with Crippen LogP contribution in [0.4, 0.5) is 5.69 Å². The van der Waals surface area contributed by atoms with Crippen LogP contribution in [-0.4, -0.2) is 40.1 Å². The molecular weight excluding hydrogens is 462 g/mol. The number of carboxylic acids is 1. The second-order valence-corrected chi connectivity index (χ2v) is 9.62. The predicted octanol–water partition coefficient (Wildman–Crippen LogP) is 6.05. The van der Waals surface area contributed by atoms with Crippen molar-refractivity contribution in [3.63, 3.8) is 0 Å². The Kier molecular flexibility index (Phi) is 7.71. The summed E-state index contributed by atoms with van der Waals surface area (Å²) in [6.45, 7) is 5.43. The fourth-order valence-corrected chi connectivity index (χ4v) is 5.10. The normalized spacial score (nSPS) is 15.7. The molecule has 0 radical (unpaired) electrons. The van der Waals surface area contributed by atoms with Crippen molar-refractivity contribution in [3.05, 3.63) is 93.8 Å². The molecular formula is C28H30ClN3O3. The van der Waals surface area contributed by atoms with Crippen molar-refractivity contribution >= 4 is 29.0 Å². The zero-order valence-electron chi connectivity index (χ0n) is 20.0. The van der Waals surface area contributed by atoms with Crippen LogP contribution in [0.25, 0.3) is 0 Å². The Morgan fingerprint density at radius 1 is 1.11 bits per heavy atom. The highest BCUT2D eigenvalue weighted by Crippen LogP contribution is 2.34. The zero-order valence-corrected chi connectivity index (χ0v) is 20.7. The number of hydrogen-bond acceptors (Lipinski definition) is 5. The molecule has 1 aliphatic heterocycles. The van der Waals surface area contributed by atoms with E-state index in [9.17, 15) is 15.1 Å². The molecule has 4 rings (SSSR count). The smallest absolute Gasteiger partial charge is 0.306 e. The van der Waals surface area contributed by atoms with Gasteiger partial charge >= 0.3 is 5.97 Å². The molecule has 1 fully saturated rings. The maximum absolute atomic E-state index is 11.3. The van der Waals surface area contributed by atoms with Crippen molar-refractivity contribution in [2.24, 2.45) is 11.1 Å². The minimum Gasteiger partial charge on any atom is -0.481 e. The largest absolute Gasteiger partial charge is 0.481 e. The molecule has 1 saturated heterocycles. The van der Waals surface area contributed by atoms with Gasteiger partial charge in [0.1, 0.15) is 0 Å². The monoisotopic (exact) mass is 491 g/mol. The van der Waals surface area contributed by atoms with Crippen LogP contribution < -0.4 is 4.90 Å². The number of nitrogens with zero attached hydrogens (tertiary/aromatic N) is 3. The lowest BCUT2D eigenvalue weighted by Gasteiger charge is -2.32. The molecule has 1 aromatic heterocycles. The van der Waals surface area contributed by atoms with Gasteiger partial charge in [0.15, 0.2) is 0 Å². The molecule has 7 heteroatoms. The lowest BCUT2D eigenvalue weighted by molar-refractivity contribution is -0.142. The molecule has 35 heavy (non-hydrogen) atoms. The van der Waals surface area contributed by atoms with Crippen molar-refractivity contribution in [1.82, 2.24) is 4.98 Å². The topological polar surface area (TPSA) is 86.0 Å². The molecule has 0 amide bonds. The molecule has 1 atom stereocenters. The molecule has 0 saturated carbocycles. The number of aryl methyl sites for hydroxylation is 2. The van der Waals surface area contributed by atoms with E-state index in [1.165, 1.54) is 0 Å². The number of piperidine rings is 1. The third kappa shape index (κ3) is 5.82. The number of aromatic nitrogens is 1. The molecule has 6 nitrogen and oxygen atoms in total. The molecule has 3 aromatic rings. The van der Waals surface area contributed by atoms with Crippen molar-refractivity contribution in [1.29, 1.82) is 0 Å². The average molecular weight is 492 g/mol. The van der Waals surface area contributed by atoms with E-state index >= 15 is 0 Å². The summed E-state index contributed by atoms with van der Waals surface area (Å²) in [7, 11) is 0. The van der Waals surface area contributed by atoms with Crippen LogP contribution in [0.3, 0.4) is 0 Å². The predicted molar refractivity (Wildman–Crippen MR) is 139 cm³/mol. The van der Waals surface area contributed by atoms with Gasteiger partial charge in [-0.05, 0) is 79.8 Å². The van der Waals surface area contributed by atoms with Gasteiger partial charge in [-0.25, -0.2) is 0 Å². The Labute approximate surface area is 210 Å². The van der Waals surface area contributed by atoms with Crippen LogP contribution in [0.1, 0.15) is 53.1 Å². The number of carboxylic acid groups (broad SMARTS) is 1. The van der Waals surface area contributed by atoms with Gasteiger partial charge in [0.05, 0.1) is 11.6 Å². The molecule has 0 spiro atoms. The Bertz CT molecular complexity index is 1220. The number of carbonyl (C=O) groups is 1. The first-order valence-corrected chi connectivity index (χ1v) is 12.2. The average Bonchev–Trinajstić information content (AvgIpc) is 2.86. The summed E-state index contributed by atoms with van der Waals surface area (Å²) in [5.74, 6) is -0.999. The number of oxime groups is 1. The number of anilines is 1. The van der Waals surface area contributed by atoms with E-state index in [4.69, 9.17) is 11.6 Å². The van der Waals surface area contributed by atoms with Gasteiger partial charge in [-0.1, -0.05) is 35.0 Å². The Balaban J connectivity index is 1.63. The molecule has 2 aromatic carbocycles. The highest BCUT2D eigenvalue weighted by molar-refractivity contribution is 6.30. The second kappa shape index (κ2) is 10.9. The number of aliphatic carboxylic acids is 1. The molecule has 0 bridgehead atoms. The Morgan fingerprint density at radius 2 is 1.83 bits per heavy atom. The van der Waals surface area contributed by atoms with Gasteiger partial charge in [-0.3, -0.25) is 9.78 Å². The van der Waals surface area contributed by atoms with Crippen LogP contribution >= 0.6 is 11.6 Å². The van der Waals surface area contributed by atoms with Gasteiger partial charge in [-0.15, -0.1) is 0 Å². The van der Waals surface area contributed by atoms with Gasteiger partial charge in [0, 0.05) is 53.6 Å². The van der Waals surface area contributed by atoms with Crippen LogP contribution in [0.15, 0.2) is 65.9 Å². The maximum Gasteiger partial charge on any atom is 0.306 e. The van der Waals surface area contributed by atoms with Gasteiger partial charge in [-0.2, -0.15) is 0 Å². The number of pyridine rings is 1. The number of rotatable bonds is 7. The molecule has 2 heterocycles. The van der Waals surface area contributed by atoms with E-state index in [1.54, 1.807) is 6.20 Å². The summed E-state index contributed by atoms with van der Waals surface area (Å²) in [6.07, 6.45) is 3.54. The Hall–Kier alpha value is -3.38. The number of benzene rings is 2. The minimum atomic E-state index is -0.702. The van der Waals surface area contributed by atoms with E-state index in [1.807, 2.05) is 44.2 Å². The summed E-state index contributed by atoms with van der Waals surface area (Å²) in [5, 5.41) is 23.5. The van der Waals surface area contributed by atoms with Crippen molar-refractivity contribution in [3.8, 4) is 0 Å². The summed E-state index contributed by atoms with van der Waals surface area (Å²) >= 11 is 6.24. The van der Waals surface area contributed by atoms with Gasteiger partial charge in [0.2, 0.25) is 0 Å². The summed E-state index contributed by atoms with van der Waals surface area (Å²) in [5.41, 5.74) is 6.68. The van der Waals surface area contributed by atoms with Gasteiger partial charge in [0.25, 0.3) is 0 Å². The lowest BCUT2D eigenvalue weighted by Crippen LogP contribution is -2.36. The minimum absolute atomic E-state index is 0.0431. The van der Waals surface area contributed by atoms with Crippen LogP contribution in [0, 0.1) is 19.8 Å². The lowest BCUT2D eigenvalue weighted by atomic mass is 9.83. The highest BCUT2D eigenvalue weighted by Gasteiger charge is 2.25. The SMILES string of the molecule is Cc1cc(C(C[C@@H](c2ccc(N3CCC(C(=O)O)CC3)cc2)c2ccc(Cl)cc2C)=NO)ccn1. The fourth-order valence-electron chi connectivity index (χ4n) is 4.87. The molecule has 1 aliphatic rings. The van der Waals surface area contributed by atoms with Crippen molar-refractivity contribution < 1.29 is 15.1 Å². The van der Waals surface area contributed by atoms with Crippen molar-refractivity contribution in [2.75, 3.05) is 18.0 Å². The summed E-state index contributed by atoms with van der Waals surface area (Å²) in [6, 6.07) is 18.1. The quantitative estimate of drug-likeness (QED) is 0.238. The van der Waals surface area contributed by atoms with E-state index in [0.29, 0.717) is 30.0 Å². The number of halogens is 1. The Morgan fingerprint density at radius 3 is 2.43 bits per heavy atom.